The van der Waals surface area contributed by atoms with Gasteiger partial charge < -0.3 is 11.0 Å². The van der Waals surface area contributed by atoms with Crippen LogP contribution < -0.4 is 0 Å². The van der Waals surface area contributed by atoms with Crippen molar-refractivity contribution in [3.05, 3.63) is 0 Å². The summed E-state index contributed by atoms with van der Waals surface area (Å²) in [6, 6.07) is 0. The molecule has 26 valence electrons. The van der Waals surface area contributed by atoms with E-state index in [1.165, 1.54) is 0 Å². The van der Waals surface area contributed by atoms with E-state index in [0.717, 1.165) is 0 Å². The van der Waals surface area contributed by atoms with Crippen LogP contribution in [-0.2, 0) is 39.1 Å². The molecule has 4 heteroatoms. The molecular formula is H4CrO2Ti. The molecule has 0 aromatic rings. The molecule has 2 nitrogen and oxygen atoms in total. The van der Waals surface area contributed by atoms with Crippen molar-refractivity contribution in [2.24, 2.45) is 0 Å². The van der Waals surface area contributed by atoms with Gasteiger partial charge in [0.15, 0.2) is 0 Å². The van der Waals surface area contributed by atoms with Gasteiger partial charge in [0, 0.05) is 39.1 Å². The van der Waals surface area contributed by atoms with Crippen LogP contribution in [0.4, 0.5) is 0 Å². The molecule has 0 amide bonds. The molecule has 0 heterocycles. The fourth-order valence-electron chi connectivity index (χ4n) is 0. The standard InChI is InChI=1S/Cr.2H2O.Ti/h;2*1H2;. The van der Waals surface area contributed by atoms with Crippen LogP contribution in [0.25, 0.3) is 0 Å². The topological polar surface area (TPSA) is 63.0 Å². The Morgan fingerprint density at radius 2 is 0.750 bits per heavy atom. The summed E-state index contributed by atoms with van der Waals surface area (Å²) in [5.74, 6) is 0. The zero-order chi connectivity index (χ0) is 0. The Morgan fingerprint density at radius 3 is 0.750 bits per heavy atom. The zero-order valence-electron chi connectivity index (χ0n) is 1.91. The van der Waals surface area contributed by atoms with Crippen molar-refractivity contribution < 1.29 is 50.0 Å². The predicted octanol–water partition coefficient (Wildman–Crippen LogP) is -1.65. The van der Waals surface area contributed by atoms with Crippen LogP contribution in [0, 0.1) is 0 Å². The van der Waals surface area contributed by atoms with Gasteiger partial charge in [-0.15, -0.1) is 0 Å². The van der Waals surface area contributed by atoms with Crippen molar-refractivity contribution in [2.75, 3.05) is 0 Å². The molecule has 4 heavy (non-hydrogen) atoms. The van der Waals surface area contributed by atoms with E-state index in [1.807, 2.05) is 0 Å². The molecule has 0 bridgehead atoms. The van der Waals surface area contributed by atoms with E-state index in [9.17, 15) is 0 Å². The Morgan fingerprint density at radius 1 is 0.750 bits per heavy atom. The Bertz CT molecular complexity index is 6.00. The van der Waals surface area contributed by atoms with Gasteiger partial charge in [0.2, 0.25) is 0 Å². The molecule has 0 aliphatic rings. The van der Waals surface area contributed by atoms with Crippen molar-refractivity contribution in [3.8, 4) is 0 Å². The van der Waals surface area contributed by atoms with Gasteiger partial charge in [0.1, 0.15) is 0 Å². The minimum Gasteiger partial charge on any atom is -0.412 e. The molecule has 0 unspecified atom stereocenters. The van der Waals surface area contributed by atoms with E-state index in [-0.39, 0.29) is 50.0 Å². The molecule has 0 rings (SSSR count). The fraction of sp³-hybridized carbons (Fsp3) is 0. The Kier molecular flexibility index (Phi) is 506. The van der Waals surface area contributed by atoms with Crippen molar-refractivity contribution in [1.29, 1.82) is 0 Å². The quantitative estimate of drug-likeness (QED) is 0.358. The molecule has 4 N–H and O–H groups in total. The molecule has 0 saturated heterocycles. The van der Waals surface area contributed by atoms with Crippen LogP contribution in [-0.4, -0.2) is 11.0 Å². The second kappa shape index (κ2) is 30.7. The number of hydrogen-bond acceptors (Lipinski definition) is 0. The first-order valence-corrected chi connectivity index (χ1v) is 0. The summed E-state index contributed by atoms with van der Waals surface area (Å²) in [6.45, 7) is 0. The number of hydrogen-bond donors (Lipinski definition) is 0. The average Bonchev–Trinajstić information content (AvgIpc) is 0. The zero-order valence-corrected chi connectivity index (χ0v) is 4.74. The van der Waals surface area contributed by atoms with Crippen LogP contribution >= 0.6 is 0 Å². The third kappa shape index (κ3) is 10.9. The van der Waals surface area contributed by atoms with Gasteiger partial charge in [-0.3, -0.25) is 0 Å². The third-order valence-corrected chi connectivity index (χ3v) is 0. The van der Waals surface area contributed by atoms with Gasteiger partial charge in [0.05, 0.1) is 0 Å². The number of rotatable bonds is 0. The van der Waals surface area contributed by atoms with E-state index < -0.39 is 0 Å². The summed E-state index contributed by atoms with van der Waals surface area (Å²) in [6.07, 6.45) is 0. The monoisotopic (exact) mass is 136 g/mol. The summed E-state index contributed by atoms with van der Waals surface area (Å²) in [7, 11) is 0. The van der Waals surface area contributed by atoms with Gasteiger partial charge >= 0.3 is 0 Å². The minimum atomic E-state index is 0. The maximum atomic E-state index is 0. The first kappa shape index (κ1) is 65.9. The van der Waals surface area contributed by atoms with E-state index in [2.05, 4.69) is 0 Å². The first-order valence-electron chi connectivity index (χ1n) is 0. The fourth-order valence-corrected chi connectivity index (χ4v) is 0. The minimum absolute atomic E-state index is 0. The van der Waals surface area contributed by atoms with Crippen LogP contribution in [0.5, 0.6) is 0 Å². The van der Waals surface area contributed by atoms with Gasteiger partial charge in [-0.2, -0.15) is 0 Å². The summed E-state index contributed by atoms with van der Waals surface area (Å²) in [5.41, 5.74) is 0. The van der Waals surface area contributed by atoms with E-state index in [0.29, 0.717) is 0 Å². The van der Waals surface area contributed by atoms with Crippen LogP contribution in [0.2, 0.25) is 0 Å². The van der Waals surface area contributed by atoms with Crippen LogP contribution in [0.15, 0.2) is 0 Å². The Labute approximate surface area is 50.2 Å². The SMILES string of the molecule is O.O.[Cr].[Ti]. The molecule has 0 saturated carbocycles. The van der Waals surface area contributed by atoms with Gasteiger partial charge in [-0.05, 0) is 0 Å². The Balaban J connectivity index is 0. The largest absolute Gasteiger partial charge is 0.412 e. The molecule has 0 spiro atoms. The molecule has 0 aliphatic carbocycles. The predicted molar refractivity (Wildman–Crippen MR) is 7.23 cm³/mol. The maximum Gasteiger partial charge on any atom is 0 e. The molecule has 0 aliphatic heterocycles. The van der Waals surface area contributed by atoms with E-state index in [4.69, 9.17) is 0 Å². The van der Waals surface area contributed by atoms with Crippen LogP contribution in [0.1, 0.15) is 0 Å². The molecule has 0 fully saturated rings. The summed E-state index contributed by atoms with van der Waals surface area (Å²) >= 11 is 0. The van der Waals surface area contributed by atoms with Gasteiger partial charge in [0.25, 0.3) is 0 Å². The molecule has 0 aromatic carbocycles. The van der Waals surface area contributed by atoms with Crippen molar-refractivity contribution in [2.45, 2.75) is 0 Å². The summed E-state index contributed by atoms with van der Waals surface area (Å²) in [4.78, 5) is 0. The van der Waals surface area contributed by atoms with Gasteiger partial charge in [-0.25, -0.2) is 0 Å². The van der Waals surface area contributed by atoms with E-state index in [1.54, 1.807) is 0 Å². The molecule has 0 atom stereocenters. The summed E-state index contributed by atoms with van der Waals surface area (Å²) < 4.78 is 0. The second-order valence-corrected chi connectivity index (χ2v) is 0. The first-order chi connectivity index (χ1) is 0. The second-order valence-electron chi connectivity index (χ2n) is 0. The van der Waals surface area contributed by atoms with Gasteiger partial charge in [-0.1, -0.05) is 0 Å². The molecule has 0 radical (unpaired) electrons. The average molecular weight is 136 g/mol. The third-order valence-electron chi connectivity index (χ3n) is 0. The smallest absolute Gasteiger partial charge is 0 e. The normalized spacial score (nSPS) is 0. The van der Waals surface area contributed by atoms with Crippen LogP contribution in [0.3, 0.4) is 0 Å². The van der Waals surface area contributed by atoms with Crippen molar-refractivity contribution >= 4 is 0 Å². The molecular weight excluding hydrogens is 132 g/mol. The summed E-state index contributed by atoms with van der Waals surface area (Å²) in [5, 5.41) is 0. The van der Waals surface area contributed by atoms with Crippen molar-refractivity contribution in [1.82, 2.24) is 0 Å². The van der Waals surface area contributed by atoms with Crippen molar-refractivity contribution in [3.63, 3.8) is 0 Å². The maximum absolute atomic E-state index is 0. The Hall–Kier alpha value is 1.17. The van der Waals surface area contributed by atoms with E-state index >= 15 is 0 Å². The molecule has 0 aromatic heterocycles.